The third-order valence-corrected chi connectivity index (χ3v) is 5.56. The zero-order valence-corrected chi connectivity index (χ0v) is 16.1. The highest BCUT2D eigenvalue weighted by Crippen LogP contribution is 2.38. The molecule has 0 aliphatic heterocycles. The van der Waals surface area contributed by atoms with Gasteiger partial charge in [0.25, 0.3) is 0 Å². The Morgan fingerprint density at radius 1 is 1.32 bits per heavy atom. The Morgan fingerprint density at radius 3 is 2.73 bits per heavy atom. The summed E-state index contributed by atoms with van der Waals surface area (Å²) in [5.41, 5.74) is 2.51. The van der Waals surface area contributed by atoms with Gasteiger partial charge in [-0.3, -0.25) is 4.98 Å². The number of hydrogen-bond donors (Lipinski definition) is 1. The number of rotatable bonds is 5. The summed E-state index contributed by atoms with van der Waals surface area (Å²) in [6.45, 7) is -0.0689. The number of pyridine rings is 1. The van der Waals surface area contributed by atoms with E-state index in [9.17, 15) is 5.11 Å². The van der Waals surface area contributed by atoms with Gasteiger partial charge in [-0.25, -0.2) is 0 Å². The van der Waals surface area contributed by atoms with Crippen LogP contribution in [0.5, 0.6) is 0 Å². The van der Waals surface area contributed by atoms with Gasteiger partial charge in [0, 0.05) is 26.6 Å². The van der Waals surface area contributed by atoms with Crippen LogP contribution in [0.1, 0.15) is 29.2 Å². The summed E-state index contributed by atoms with van der Waals surface area (Å²) >= 11 is 19.2. The Balaban J connectivity index is 2.55. The summed E-state index contributed by atoms with van der Waals surface area (Å²) in [7, 11) is 0. The Labute approximate surface area is 156 Å². The number of benzene rings is 1. The van der Waals surface area contributed by atoms with E-state index in [-0.39, 0.29) is 12.5 Å². The lowest BCUT2D eigenvalue weighted by atomic mass is 9.89. The second kappa shape index (κ2) is 8.46. The van der Waals surface area contributed by atoms with Crippen LogP contribution in [0.2, 0.25) is 10.0 Å². The van der Waals surface area contributed by atoms with Crippen LogP contribution in [0, 0.1) is 0 Å². The van der Waals surface area contributed by atoms with Crippen molar-refractivity contribution in [2.45, 2.75) is 18.9 Å². The van der Waals surface area contributed by atoms with Gasteiger partial charge in [0.05, 0.1) is 12.3 Å². The molecule has 2 rings (SSSR count). The Morgan fingerprint density at radius 2 is 2.09 bits per heavy atom. The molecule has 0 bridgehead atoms. The maximum atomic E-state index is 9.59. The molecule has 1 aromatic heterocycles. The van der Waals surface area contributed by atoms with Gasteiger partial charge in [0.2, 0.25) is 0 Å². The molecule has 0 spiro atoms. The molecule has 1 unspecified atom stereocenters. The average molecular weight is 466 g/mol. The summed E-state index contributed by atoms with van der Waals surface area (Å²) in [6, 6.07) is 9.11. The number of aromatic nitrogens is 1. The van der Waals surface area contributed by atoms with Crippen LogP contribution >= 0.6 is 55.1 Å². The summed E-state index contributed by atoms with van der Waals surface area (Å²) < 4.78 is 0.970. The fourth-order valence-electron chi connectivity index (χ4n) is 2.28. The van der Waals surface area contributed by atoms with E-state index in [0.29, 0.717) is 16.5 Å². The van der Waals surface area contributed by atoms with Crippen molar-refractivity contribution in [3.63, 3.8) is 0 Å². The second-order valence-corrected chi connectivity index (χ2v) is 7.00. The second-order valence-electron chi connectivity index (χ2n) is 4.68. The van der Waals surface area contributed by atoms with Crippen LogP contribution < -0.4 is 0 Å². The van der Waals surface area contributed by atoms with Crippen LogP contribution in [0.25, 0.3) is 0 Å². The van der Waals surface area contributed by atoms with E-state index in [0.717, 1.165) is 21.3 Å². The number of allylic oxidation sites excluding steroid dienone is 1. The number of halogens is 4. The highest BCUT2D eigenvalue weighted by molar-refractivity contribution is 9.14. The van der Waals surface area contributed by atoms with E-state index in [1.54, 1.807) is 12.3 Å². The zero-order valence-electron chi connectivity index (χ0n) is 11.4. The van der Waals surface area contributed by atoms with Gasteiger partial charge >= 0.3 is 0 Å². The summed E-state index contributed by atoms with van der Waals surface area (Å²) in [5.74, 6) is -0.0868. The molecule has 1 aromatic carbocycles. The van der Waals surface area contributed by atoms with Gasteiger partial charge in [0.15, 0.2) is 0 Å². The molecule has 0 amide bonds. The van der Waals surface area contributed by atoms with Crippen molar-refractivity contribution in [2.75, 3.05) is 0 Å². The van der Waals surface area contributed by atoms with E-state index in [1.165, 1.54) is 0 Å². The van der Waals surface area contributed by atoms with E-state index >= 15 is 0 Å². The summed E-state index contributed by atoms with van der Waals surface area (Å²) in [5, 5.41) is 10.8. The van der Waals surface area contributed by atoms with Crippen molar-refractivity contribution in [3.8, 4) is 0 Å². The minimum atomic E-state index is -0.0868. The van der Waals surface area contributed by atoms with Crippen molar-refractivity contribution in [3.05, 3.63) is 72.9 Å². The van der Waals surface area contributed by atoms with Gasteiger partial charge in [-0.05, 0) is 40.7 Å². The van der Waals surface area contributed by atoms with Crippen LogP contribution in [-0.4, -0.2) is 10.1 Å². The smallest absolute Gasteiger partial charge is 0.0699 e. The van der Waals surface area contributed by atoms with Crippen LogP contribution in [-0.2, 0) is 6.61 Å². The molecule has 1 atom stereocenters. The molecule has 6 heteroatoms. The Bertz CT molecular complexity index is 692. The van der Waals surface area contributed by atoms with Crippen molar-refractivity contribution >= 4 is 55.1 Å². The van der Waals surface area contributed by atoms with Crippen molar-refractivity contribution in [1.82, 2.24) is 4.98 Å². The maximum Gasteiger partial charge on any atom is 0.0699 e. The quantitative estimate of drug-likeness (QED) is 0.584. The predicted octanol–water partition coefficient (Wildman–Crippen LogP) is 6.03. The summed E-state index contributed by atoms with van der Waals surface area (Å²) in [4.78, 5) is 6.27. The first-order valence-electron chi connectivity index (χ1n) is 6.51. The standard InChI is InChI=1S/C16H13Br2Cl2NO/c17-8-11(18)6-14(13-4-3-12(19)7-15(13)20)16-10(9-22)2-1-5-21-16/h1-5,7-8,14,22H,6,9H2/b11-8-. The van der Waals surface area contributed by atoms with Crippen LogP contribution in [0.15, 0.2) is 46.0 Å². The Kier molecular flexibility index (Phi) is 6.90. The predicted molar refractivity (Wildman–Crippen MR) is 99.0 cm³/mol. The lowest BCUT2D eigenvalue weighted by molar-refractivity contribution is 0.279. The van der Waals surface area contributed by atoms with Crippen molar-refractivity contribution in [2.24, 2.45) is 0 Å². The fourth-order valence-corrected chi connectivity index (χ4v) is 3.33. The van der Waals surface area contributed by atoms with E-state index in [4.69, 9.17) is 23.2 Å². The van der Waals surface area contributed by atoms with Gasteiger partial charge in [-0.2, -0.15) is 0 Å². The lowest BCUT2D eigenvalue weighted by Gasteiger charge is -2.20. The van der Waals surface area contributed by atoms with E-state index in [2.05, 4.69) is 36.8 Å². The molecule has 2 nitrogen and oxygen atoms in total. The molecule has 0 saturated carbocycles. The Hall–Kier alpha value is -0.390. The third-order valence-electron chi connectivity index (χ3n) is 3.28. The molecule has 1 N–H and O–H groups in total. The van der Waals surface area contributed by atoms with Gasteiger partial charge in [0.1, 0.15) is 0 Å². The number of aliphatic hydroxyl groups excluding tert-OH is 1. The lowest BCUT2D eigenvalue weighted by Crippen LogP contribution is -2.08. The number of nitrogens with zero attached hydrogens (tertiary/aromatic N) is 1. The highest BCUT2D eigenvalue weighted by atomic mass is 79.9. The zero-order chi connectivity index (χ0) is 16.1. The molecule has 0 aliphatic rings. The largest absolute Gasteiger partial charge is 0.392 e. The van der Waals surface area contributed by atoms with Gasteiger partial charge < -0.3 is 5.11 Å². The monoisotopic (exact) mass is 463 g/mol. The van der Waals surface area contributed by atoms with Crippen LogP contribution in [0.3, 0.4) is 0 Å². The van der Waals surface area contributed by atoms with Crippen LogP contribution in [0.4, 0.5) is 0 Å². The molecule has 116 valence electrons. The molecule has 0 radical (unpaired) electrons. The molecule has 1 heterocycles. The molecular formula is C16H13Br2Cl2NO. The minimum Gasteiger partial charge on any atom is -0.392 e. The molecule has 2 aromatic rings. The number of hydrogen-bond acceptors (Lipinski definition) is 2. The fraction of sp³-hybridized carbons (Fsp3) is 0.188. The summed E-state index contributed by atoms with van der Waals surface area (Å²) in [6.07, 6.45) is 2.38. The molecule has 0 aliphatic carbocycles. The molecule has 0 fully saturated rings. The average Bonchev–Trinajstić information content (AvgIpc) is 2.53. The van der Waals surface area contributed by atoms with E-state index in [1.807, 2.05) is 29.3 Å². The maximum absolute atomic E-state index is 9.59. The number of aliphatic hydroxyl groups is 1. The van der Waals surface area contributed by atoms with Crippen molar-refractivity contribution in [1.29, 1.82) is 0 Å². The highest BCUT2D eigenvalue weighted by Gasteiger charge is 2.22. The van der Waals surface area contributed by atoms with E-state index < -0.39 is 0 Å². The van der Waals surface area contributed by atoms with Gasteiger partial charge in [-0.15, -0.1) is 0 Å². The molecule has 0 saturated heterocycles. The van der Waals surface area contributed by atoms with Gasteiger partial charge in [-0.1, -0.05) is 67.2 Å². The minimum absolute atomic E-state index is 0.0689. The SMILES string of the molecule is OCc1cccnc1C(C/C(Br)=C/Br)c1ccc(Cl)cc1Cl. The first kappa shape index (κ1) is 18.0. The first-order valence-corrected chi connectivity index (χ1v) is 8.97. The third kappa shape index (κ3) is 4.33. The molecule has 22 heavy (non-hydrogen) atoms. The first-order chi connectivity index (χ1) is 10.6. The topological polar surface area (TPSA) is 33.1 Å². The molecular weight excluding hydrogens is 453 g/mol. The normalized spacial score (nSPS) is 13.2. The van der Waals surface area contributed by atoms with Crippen molar-refractivity contribution < 1.29 is 5.11 Å².